The van der Waals surface area contributed by atoms with Crippen molar-refractivity contribution in [3.8, 4) is 0 Å². The molecule has 0 aromatic rings. The van der Waals surface area contributed by atoms with Gasteiger partial charge in [-0.2, -0.15) is 0 Å². The van der Waals surface area contributed by atoms with Crippen molar-refractivity contribution in [2.45, 2.75) is 44.1 Å². The SMILES string of the molecule is NCCCNC(=O)NC1(C(=O)O)CCCCC1. The number of carbonyl (C=O) groups excluding carboxylic acids is 1. The van der Waals surface area contributed by atoms with E-state index in [0.29, 0.717) is 32.4 Å². The number of carboxylic acid groups (broad SMARTS) is 1. The number of nitrogens with one attached hydrogen (secondary N) is 2. The fraction of sp³-hybridized carbons (Fsp3) is 0.818. The summed E-state index contributed by atoms with van der Waals surface area (Å²) in [5, 5.41) is 14.5. The Morgan fingerprint density at radius 2 is 1.88 bits per heavy atom. The number of amides is 2. The van der Waals surface area contributed by atoms with Gasteiger partial charge < -0.3 is 21.5 Å². The molecular weight excluding hydrogens is 222 g/mol. The lowest BCUT2D eigenvalue weighted by Crippen LogP contribution is -2.58. The van der Waals surface area contributed by atoms with E-state index in [1.807, 2.05) is 0 Å². The second-order valence-corrected chi connectivity index (χ2v) is 4.47. The Morgan fingerprint density at radius 3 is 2.41 bits per heavy atom. The van der Waals surface area contributed by atoms with Gasteiger partial charge in [0.1, 0.15) is 5.54 Å². The van der Waals surface area contributed by atoms with Gasteiger partial charge in [0.2, 0.25) is 0 Å². The van der Waals surface area contributed by atoms with Crippen LogP contribution in [0.3, 0.4) is 0 Å². The summed E-state index contributed by atoms with van der Waals surface area (Å²) < 4.78 is 0. The molecule has 2 amide bonds. The first kappa shape index (κ1) is 13.8. The number of carboxylic acids is 1. The highest BCUT2D eigenvalue weighted by Gasteiger charge is 2.40. The molecule has 5 N–H and O–H groups in total. The van der Waals surface area contributed by atoms with E-state index < -0.39 is 17.5 Å². The predicted molar refractivity (Wildman–Crippen MR) is 63.7 cm³/mol. The molecule has 1 aliphatic carbocycles. The fourth-order valence-corrected chi connectivity index (χ4v) is 2.11. The smallest absolute Gasteiger partial charge is 0.329 e. The van der Waals surface area contributed by atoms with Crippen LogP contribution in [0.15, 0.2) is 0 Å². The number of hydrogen-bond acceptors (Lipinski definition) is 3. The summed E-state index contributed by atoms with van der Waals surface area (Å²) in [5.74, 6) is -0.939. The standard InChI is InChI=1S/C11H21N3O3/c12-7-4-8-13-10(17)14-11(9(15)16)5-2-1-3-6-11/h1-8,12H2,(H,15,16)(H2,13,14,17). The van der Waals surface area contributed by atoms with Crippen molar-refractivity contribution >= 4 is 12.0 Å². The maximum Gasteiger partial charge on any atom is 0.329 e. The topological polar surface area (TPSA) is 104 Å². The second kappa shape index (κ2) is 6.44. The van der Waals surface area contributed by atoms with Crippen molar-refractivity contribution in [1.82, 2.24) is 10.6 Å². The molecule has 6 heteroatoms. The number of rotatable bonds is 5. The molecule has 0 aliphatic heterocycles. The average molecular weight is 243 g/mol. The van der Waals surface area contributed by atoms with E-state index in [2.05, 4.69) is 10.6 Å². The van der Waals surface area contributed by atoms with Gasteiger partial charge in [-0.1, -0.05) is 19.3 Å². The molecular formula is C11H21N3O3. The highest BCUT2D eigenvalue weighted by Crippen LogP contribution is 2.28. The molecule has 0 radical (unpaired) electrons. The van der Waals surface area contributed by atoms with Crippen LogP contribution < -0.4 is 16.4 Å². The van der Waals surface area contributed by atoms with E-state index in [1.165, 1.54) is 0 Å². The van der Waals surface area contributed by atoms with Gasteiger partial charge in [0, 0.05) is 6.54 Å². The second-order valence-electron chi connectivity index (χ2n) is 4.47. The summed E-state index contributed by atoms with van der Waals surface area (Å²) in [6, 6.07) is -0.414. The molecule has 0 atom stereocenters. The molecule has 1 rings (SSSR count). The molecule has 0 bridgehead atoms. The van der Waals surface area contributed by atoms with Crippen LogP contribution in [0.5, 0.6) is 0 Å². The van der Waals surface area contributed by atoms with Crippen molar-refractivity contribution in [2.24, 2.45) is 5.73 Å². The molecule has 1 saturated carbocycles. The Hall–Kier alpha value is -1.30. The minimum Gasteiger partial charge on any atom is -0.480 e. The van der Waals surface area contributed by atoms with Gasteiger partial charge in [-0.25, -0.2) is 9.59 Å². The summed E-state index contributed by atoms with van der Waals surface area (Å²) in [4.78, 5) is 22.8. The minimum atomic E-state index is -1.08. The Morgan fingerprint density at radius 1 is 1.24 bits per heavy atom. The zero-order chi connectivity index (χ0) is 12.7. The van der Waals surface area contributed by atoms with Crippen molar-refractivity contribution < 1.29 is 14.7 Å². The van der Waals surface area contributed by atoms with Crippen LogP contribution in [0.2, 0.25) is 0 Å². The third-order valence-electron chi connectivity index (χ3n) is 3.14. The van der Waals surface area contributed by atoms with Crippen LogP contribution in [0.1, 0.15) is 38.5 Å². The first-order valence-corrected chi connectivity index (χ1v) is 6.10. The predicted octanol–water partition coefficient (Wildman–Crippen LogP) is 0.422. The highest BCUT2D eigenvalue weighted by molar-refractivity contribution is 5.86. The first-order valence-electron chi connectivity index (χ1n) is 6.10. The van der Waals surface area contributed by atoms with Gasteiger partial charge in [0.05, 0.1) is 0 Å². The van der Waals surface area contributed by atoms with Crippen LogP contribution in [-0.2, 0) is 4.79 Å². The monoisotopic (exact) mass is 243 g/mol. The van der Waals surface area contributed by atoms with E-state index >= 15 is 0 Å². The molecule has 0 spiro atoms. The van der Waals surface area contributed by atoms with Crippen molar-refractivity contribution in [3.63, 3.8) is 0 Å². The molecule has 0 aromatic carbocycles. The molecule has 6 nitrogen and oxygen atoms in total. The molecule has 0 heterocycles. The van der Waals surface area contributed by atoms with Gasteiger partial charge in [0.25, 0.3) is 0 Å². The Labute approximate surface area is 101 Å². The molecule has 17 heavy (non-hydrogen) atoms. The van der Waals surface area contributed by atoms with Gasteiger partial charge >= 0.3 is 12.0 Å². The Bertz CT molecular complexity index is 275. The Kier molecular flexibility index (Phi) is 5.21. The van der Waals surface area contributed by atoms with Gasteiger partial charge in [-0.05, 0) is 25.8 Å². The average Bonchev–Trinajstić information content (AvgIpc) is 2.30. The zero-order valence-electron chi connectivity index (χ0n) is 10.00. The van der Waals surface area contributed by atoms with Crippen LogP contribution in [0, 0.1) is 0 Å². The minimum absolute atomic E-state index is 0.414. The summed E-state index contributed by atoms with van der Waals surface area (Å²) in [6.07, 6.45) is 4.42. The summed E-state index contributed by atoms with van der Waals surface area (Å²) in [6.45, 7) is 0.975. The molecule has 1 fully saturated rings. The van der Waals surface area contributed by atoms with Crippen molar-refractivity contribution in [3.05, 3.63) is 0 Å². The Balaban J connectivity index is 2.48. The van der Waals surface area contributed by atoms with Crippen LogP contribution in [-0.4, -0.2) is 35.7 Å². The molecule has 0 aromatic heterocycles. The van der Waals surface area contributed by atoms with E-state index in [0.717, 1.165) is 19.3 Å². The molecule has 0 unspecified atom stereocenters. The van der Waals surface area contributed by atoms with Crippen LogP contribution in [0.25, 0.3) is 0 Å². The van der Waals surface area contributed by atoms with Crippen molar-refractivity contribution in [1.29, 1.82) is 0 Å². The zero-order valence-corrected chi connectivity index (χ0v) is 10.00. The number of hydrogen-bond donors (Lipinski definition) is 4. The van der Waals surface area contributed by atoms with E-state index in [9.17, 15) is 14.7 Å². The fourth-order valence-electron chi connectivity index (χ4n) is 2.11. The molecule has 1 aliphatic rings. The van der Waals surface area contributed by atoms with Gasteiger partial charge in [-0.15, -0.1) is 0 Å². The lowest BCUT2D eigenvalue weighted by molar-refractivity contribution is -0.145. The van der Waals surface area contributed by atoms with Gasteiger partial charge in [-0.3, -0.25) is 0 Å². The van der Waals surface area contributed by atoms with Crippen LogP contribution >= 0.6 is 0 Å². The maximum atomic E-state index is 11.6. The number of urea groups is 1. The summed E-state index contributed by atoms with van der Waals surface area (Å²) in [7, 11) is 0. The van der Waals surface area contributed by atoms with E-state index in [1.54, 1.807) is 0 Å². The third kappa shape index (κ3) is 3.89. The largest absolute Gasteiger partial charge is 0.480 e. The molecule has 0 saturated heterocycles. The van der Waals surface area contributed by atoms with Crippen LogP contribution in [0.4, 0.5) is 4.79 Å². The van der Waals surface area contributed by atoms with Gasteiger partial charge in [0.15, 0.2) is 0 Å². The quantitative estimate of drug-likeness (QED) is 0.525. The lowest BCUT2D eigenvalue weighted by Gasteiger charge is -2.33. The number of carbonyl (C=O) groups is 2. The maximum absolute atomic E-state index is 11.6. The number of aliphatic carboxylic acids is 1. The highest BCUT2D eigenvalue weighted by atomic mass is 16.4. The summed E-state index contributed by atoms with van der Waals surface area (Å²) >= 11 is 0. The third-order valence-corrected chi connectivity index (χ3v) is 3.14. The van der Waals surface area contributed by atoms with E-state index in [4.69, 9.17) is 5.73 Å². The normalized spacial score (nSPS) is 18.4. The lowest BCUT2D eigenvalue weighted by atomic mass is 9.82. The molecule has 98 valence electrons. The van der Waals surface area contributed by atoms with E-state index in [-0.39, 0.29) is 0 Å². The summed E-state index contributed by atoms with van der Waals surface area (Å²) in [5.41, 5.74) is 4.23. The number of nitrogens with two attached hydrogens (primary N) is 1. The first-order chi connectivity index (χ1) is 8.10. The van der Waals surface area contributed by atoms with Crippen molar-refractivity contribution in [2.75, 3.05) is 13.1 Å².